The number of nitriles is 1. The van der Waals surface area contributed by atoms with Crippen LogP contribution >= 0.6 is 0 Å². The second-order valence-electron chi connectivity index (χ2n) is 7.53. The zero-order valence-electron chi connectivity index (χ0n) is 17.0. The van der Waals surface area contributed by atoms with Gasteiger partial charge in [-0.15, -0.1) is 0 Å². The van der Waals surface area contributed by atoms with Crippen LogP contribution in [0.4, 0.5) is 5.69 Å². The largest absolute Gasteiger partial charge is 0.363 e. The molecule has 1 aromatic carbocycles. The molecular weight excluding hydrogens is 380 g/mol. The molecule has 0 saturated carbocycles. The van der Waals surface area contributed by atoms with Crippen molar-refractivity contribution >= 4 is 23.3 Å². The second-order valence-corrected chi connectivity index (χ2v) is 7.53. The maximum Gasteiger partial charge on any atom is 0.363 e. The molecule has 2 aliphatic rings. The number of hydrogen-bond donors (Lipinski definition) is 1. The summed E-state index contributed by atoms with van der Waals surface area (Å²) in [7, 11) is 0. The van der Waals surface area contributed by atoms with Crippen molar-refractivity contribution in [3.05, 3.63) is 41.7 Å². The zero-order valence-corrected chi connectivity index (χ0v) is 17.0. The number of carbonyl (C=O) groups is 2. The van der Waals surface area contributed by atoms with Crippen molar-refractivity contribution in [2.75, 3.05) is 31.5 Å². The van der Waals surface area contributed by atoms with Gasteiger partial charge >= 0.3 is 6.04 Å². The van der Waals surface area contributed by atoms with Crippen molar-refractivity contribution in [2.45, 2.75) is 44.2 Å². The third-order valence-electron chi connectivity index (χ3n) is 5.39. The average Bonchev–Trinajstić information content (AvgIpc) is 3.25. The number of amides is 2. The maximum absolute atomic E-state index is 13.1. The van der Waals surface area contributed by atoms with E-state index in [2.05, 4.69) is 15.2 Å². The standard InChI is InChI=1S/C22H26N6O2/c1-24-19(15-23)21(25-17-9-3-2-4-10-17)26-18-11-5-6-14-28(22(18)30)16-20(29)27-12-7-8-13-27/h2-4,9-10,18-19H,5-8,11-14,16H2,(H,25,26). The number of rotatable bonds is 5. The van der Waals surface area contributed by atoms with Crippen molar-refractivity contribution < 1.29 is 9.59 Å². The van der Waals surface area contributed by atoms with Gasteiger partial charge < -0.3 is 15.1 Å². The number of nitrogens with one attached hydrogen (secondary N) is 1. The van der Waals surface area contributed by atoms with Crippen LogP contribution in [0.25, 0.3) is 4.85 Å². The number of nitrogens with zero attached hydrogens (tertiary/aromatic N) is 5. The number of aliphatic imine (C=N–C) groups is 1. The Balaban J connectivity index is 1.79. The third-order valence-corrected chi connectivity index (χ3v) is 5.39. The molecule has 0 aromatic heterocycles. The molecular formula is C22H26N6O2. The molecule has 0 radical (unpaired) electrons. The Labute approximate surface area is 177 Å². The van der Waals surface area contributed by atoms with Gasteiger partial charge in [0.15, 0.2) is 6.07 Å². The molecule has 2 atom stereocenters. The summed E-state index contributed by atoms with van der Waals surface area (Å²) in [5.41, 5.74) is 0.697. The molecule has 1 aromatic rings. The van der Waals surface area contributed by atoms with Crippen LogP contribution < -0.4 is 5.32 Å². The molecule has 1 N–H and O–H groups in total. The fourth-order valence-electron chi connectivity index (χ4n) is 3.75. The molecule has 2 aliphatic heterocycles. The van der Waals surface area contributed by atoms with Gasteiger partial charge in [0.1, 0.15) is 6.04 Å². The Hall–Kier alpha value is -3.39. The minimum atomic E-state index is -1.12. The van der Waals surface area contributed by atoms with Gasteiger partial charge in [-0.1, -0.05) is 18.2 Å². The summed E-state index contributed by atoms with van der Waals surface area (Å²) in [5.74, 6) is -0.0666. The van der Waals surface area contributed by atoms with Crippen molar-refractivity contribution in [1.29, 1.82) is 5.26 Å². The molecule has 2 amide bonds. The van der Waals surface area contributed by atoms with E-state index < -0.39 is 12.1 Å². The number of likely N-dealkylation sites (tertiary alicyclic amines) is 2. The fourth-order valence-corrected chi connectivity index (χ4v) is 3.75. The van der Waals surface area contributed by atoms with Gasteiger partial charge in [-0.3, -0.25) is 19.4 Å². The van der Waals surface area contributed by atoms with Crippen LogP contribution in [0.5, 0.6) is 0 Å². The highest BCUT2D eigenvalue weighted by Gasteiger charge is 2.32. The number of carbonyl (C=O) groups excluding carboxylic acids is 2. The first-order chi connectivity index (χ1) is 14.6. The molecule has 8 heteroatoms. The van der Waals surface area contributed by atoms with Crippen LogP contribution in [-0.2, 0) is 9.59 Å². The Kier molecular flexibility index (Phi) is 7.40. The summed E-state index contributed by atoms with van der Waals surface area (Å²) in [6.45, 7) is 9.43. The van der Waals surface area contributed by atoms with Crippen LogP contribution in [-0.4, -0.2) is 65.7 Å². The van der Waals surface area contributed by atoms with Gasteiger partial charge in [0.2, 0.25) is 17.6 Å². The molecule has 2 fully saturated rings. The lowest BCUT2D eigenvalue weighted by atomic mass is 10.1. The summed E-state index contributed by atoms with van der Waals surface area (Å²) in [5, 5.41) is 12.4. The Morgan fingerprint density at radius 1 is 1.23 bits per heavy atom. The Morgan fingerprint density at radius 2 is 1.93 bits per heavy atom. The zero-order chi connectivity index (χ0) is 21.3. The first-order valence-corrected chi connectivity index (χ1v) is 10.3. The van der Waals surface area contributed by atoms with Crippen LogP contribution in [0.15, 0.2) is 35.3 Å². The first kappa shape index (κ1) is 21.3. The van der Waals surface area contributed by atoms with Gasteiger partial charge in [-0.2, -0.15) is 5.26 Å². The quantitative estimate of drug-likeness (QED) is 0.461. The number of anilines is 1. The lowest BCUT2D eigenvalue weighted by molar-refractivity contribution is -0.140. The van der Waals surface area contributed by atoms with Crippen molar-refractivity contribution in [3.63, 3.8) is 0 Å². The minimum Gasteiger partial charge on any atom is -0.341 e. The summed E-state index contributed by atoms with van der Waals surface area (Å²) in [6, 6.07) is 9.26. The van der Waals surface area contributed by atoms with Crippen molar-refractivity contribution in [3.8, 4) is 6.07 Å². The topological polar surface area (TPSA) is 93.2 Å². The predicted molar refractivity (Wildman–Crippen MR) is 114 cm³/mol. The molecule has 0 bridgehead atoms. The van der Waals surface area contributed by atoms with E-state index in [9.17, 15) is 14.9 Å². The van der Waals surface area contributed by atoms with Crippen LogP contribution in [0.1, 0.15) is 32.1 Å². The van der Waals surface area contributed by atoms with Crippen LogP contribution in [0.3, 0.4) is 0 Å². The van der Waals surface area contributed by atoms with E-state index in [1.165, 1.54) is 0 Å². The molecule has 2 heterocycles. The molecule has 30 heavy (non-hydrogen) atoms. The molecule has 0 aliphatic carbocycles. The lowest BCUT2D eigenvalue weighted by Crippen LogP contribution is -2.45. The van der Waals surface area contributed by atoms with Gasteiger partial charge in [-0.25, -0.2) is 6.57 Å². The van der Waals surface area contributed by atoms with Gasteiger partial charge in [0, 0.05) is 25.3 Å². The molecule has 3 rings (SSSR count). The average molecular weight is 406 g/mol. The normalized spacial score (nSPS) is 20.8. The van der Waals surface area contributed by atoms with Crippen LogP contribution in [0.2, 0.25) is 0 Å². The highest BCUT2D eigenvalue weighted by molar-refractivity contribution is 6.03. The van der Waals surface area contributed by atoms with E-state index in [0.29, 0.717) is 18.7 Å². The SMILES string of the molecule is [C-]#[N+]C(C#N)C(=NC1CCCCN(CC(=O)N2CCCC2)C1=O)Nc1ccccc1. The summed E-state index contributed by atoms with van der Waals surface area (Å²) >= 11 is 0. The molecule has 2 unspecified atom stereocenters. The van der Waals surface area contributed by atoms with Crippen LogP contribution in [0, 0.1) is 17.9 Å². The number of para-hydroxylation sites is 1. The minimum absolute atomic E-state index is 0.0239. The maximum atomic E-state index is 13.1. The second kappa shape index (κ2) is 10.4. The van der Waals surface area contributed by atoms with Gasteiger partial charge in [0.05, 0.1) is 6.54 Å². The predicted octanol–water partition coefficient (Wildman–Crippen LogP) is 2.31. The van der Waals surface area contributed by atoms with E-state index in [-0.39, 0.29) is 24.2 Å². The van der Waals surface area contributed by atoms with Gasteiger partial charge in [-0.05, 0) is 44.2 Å². The number of benzene rings is 1. The van der Waals surface area contributed by atoms with E-state index in [1.807, 2.05) is 41.3 Å². The van der Waals surface area contributed by atoms with E-state index in [0.717, 1.165) is 38.8 Å². The Morgan fingerprint density at radius 3 is 2.60 bits per heavy atom. The summed E-state index contributed by atoms with van der Waals surface area (Å²) < 4.78 is 0. The fraction of sp³-hybridized carbons (Fsp3) is 0.500. The molecule has 0 spiro atoms. The van der Waals surface area contributed by atoms with Crippen molar-refractivity contribution in [2.24, 2.45) is 4.99 Å². The smallest absolute Gasteiger partial charge is 0.341 e. The van der Waals surface area contributed by atoms with E-state index in [1.54, 1.807) is 4.90 Å². The summed E-state index contributed by atoms with van der Waals surface area (Å²) in [6.07, 6.45) is 4.14. The van der Waals surface area contributed by atoms with Gasteiger partial charge in [0.25, 0.3) is 0 Å². The van der Waals surface area contributed by atoms with E-state index in [4.69, 9.17) is 6.57 Å². The van der Waals surface area contributed by atoms with Crippen molar-refractivity contribution in [1.82, 2.24) is 9.80 Å². The molecule has 2 saturated heterocycles. The number of hydrogen-bond acceptors (Lipinski definition) is 4. The highest BCUT2D eigenvalue weighted by atomic mass is 16.2. The Bertz CT molecular complexity index is 850. The summed E-state index contributed by atoms with van der Waals surface area (Å²) in [4.78, 5) is 36.9. The molecule has 156 valence electrons. The first-order valence-electron chi connectivity index (χ1n) is 10.3. The third kappa shape index (κ3) is 5.36. The lowest BCUT2D eigenvalue weighted by Gasteiger charge is -2.25. The number of amidine groups is 1. The van der Waals surface area contributed by atoms with E-state index >= 15 is 0 Å². The highest BCUT2D eigenvalue weighted by Crippen LogP contribution is 2.18. The molecule has 8 nitrogen and oxygen atoms in total. The monoisotopic (exact) mass is 406 g/mol.